The number of hydrogen-bond acceptors (Lipinski definition) is 2. The molecular weight excluding hydrogens is 262 g/mol. The topological polar surface area (TPSA) is 12.0 Å². The van der Waals surface area contributed by atoms with Crippen LogP contribution < -0.4 is 5.32 Å². The van der Waals surface area contributed by atoms with Crippen LogP contribution in [-0.2, 0) is 12.8 Å². The van der Waals surface area contributed by atoms with Crippen molar-refractivity contribution >= 4 is 11.3 Å². The molecule has 1 N–H and O–H groups in total. The lowest BCUT2D eigenvalue weighted by molar-refractivity contribution is 0.532. The summed E-state index contributed by atoms with van der Waals surface area (Å²) in [6, 6.07) is 13.9. The summed E-state index contributed by atoms with van der Waals surface area (Å²) >= 11 is 1.85. The van der Waals surface area contributed by atoms with Gasteiger partial charge in [0, 0.05) is 17.3 Å². The van der Waals surface area contributed by atoms with Crippen molar-refractivity contribution in [2.45, 2.75) is 45.6 Å². The molecule has 0 saturated heterocycles. The second-order valence-electron chi connectivity index (χ2n) is 5.29. The molecule has 2 heteroatoms. The fraction of sp³-hybridized carbons (Fsp3) is 0.444. The fourth-order valence-electron chi connectivity index (χ4n) is 2.51. The van der Waals surface area contributed by atoms with Crippen LogP contribution in [0.3, 0.4) is 0 Å². The summed E-state index contributed by atoms with van der Waals surface area (Å²) in [7, 11) is 0. The SMILES string of the molecule is CCCNC(Cc1cccs1)c1cccc(CCC)c1. The largest absolute Gasteiger partial charge is 0.310 e. The molecule has 0 bridgehead atoms. The second kappa shape index (κ2) is 8.23. The Morgan fingerprint density at radius 3 is 2.70 bits per heavy atom. The third-order valence-corrected chi connectivity index (χ3v) is 4.42. The van der Waals surface area contributed by atoms with Crippen LogP contribution in [0.25, 0.3) is 0 Å². The zero-order valence-corrected chi connectivity index (χ0v) is 13.4. The molecule has 0 saturated carbocycles. The van der Waals surface area contributed by atoms with Crippen LogP contribution in [0.2, 0.25) is 0 Å². The van der Waals surface area contributed by atoms with Gasteiger partial charge in [-0.2, -0.15) is 0 Å². The lowest BCUT2D eigenvalue weighted by Crippen LogP contribution is -2.23. The van der Waals surface area contributed by atoms with Crippen molar-refractivity contribution < 1.29 is 0 Å². The highest BCUT2D eigenvalue weighted by Gasteiger charge is 2.12. The van der Waals surface area contributed by atoms with Crippen molar-refractivity contribution in [1.82, 2.24) is 5.32 Å². The Kier molecular flexibility index (Phi) is 6.28. The van der Waals surface area contributed by atoms with Crippen molar-refractivity contribution in [3.05, 3.63) is 57.8 Å². The maximum Gasteiger partial charge on any atom is 0.0368 e. The minimum Gasteiger partial charge on any atom is -0.310 e. The van der Waals surface area contributed by atoms with Crippen molar-refractivity contribution in [1.29, 1.82) is 0 Å². The van der Waals surface area contributed by atoms with Gasteiger partial charge in [-0.15, -0.1) is 11.3 Å². The van der Waals surface area contributed by atoms with Gasteiger partial charge in [-0.05, 0) is 42.0 Å². The molecular formula is C18H25NS. The van der Waals surface area contributed by atoms with Crippen molar-refractivity contribution in [2.24, 2.45) is 0 Å². The van der Waals surface area contributed by atoms with Gasteiger partial charge in [0.2, 0.25) is 0 Å². The molecule has 1 aromatic carbocycles. The van der Waals surface area contributed by atoms with Gasteiger partial charge >= 0.3 is 0 Å². The van der Waals surface area contributed by atoms with E-state index in [9.17, 15) is 0 Å². The van der Waals surface area contributed by atoms with Crippen LogP contribution in [0, 0.1) is 0 Å². The van der Waals surface area contributed by atoms with Crippen molar-refractivity contribution in [3.8, 4) is 0 Å². The standard InChI is InChI=1S/C18H25NS/c1-3-7-15-8-5-9-16(13-15)18(19-11-4-2)14-17-10-6-12-20-17/h5-6,8-10,12-13,18-19H,3-4,7,11,14H2,1-2H3. The zero-order chi connectivity index (χ0) is 14.2. The van der Waals surface area contributed by atoms with Crippen molar-refractivity contribution in [3.63, 3.8) is 0 Å². The fourth-order valence-corrected chi connectivity index (χ4v) is 3.26. The number of thiophene rings is 1. The number of rotatable bonds is 8. The van der Waals surface area contributed by atoms with E-state index in [4.69, 9.17) is 0 Å². The third kappa shape index (κ3) is 4.46. The van der Waals surface area contributed by atoms with E-state index in [-0.39, 0.29) is 0 Å². The molecule has 2 aromatic rings. The van der Waals surface area contributed by atoms with Gasteiger partial charge in [0.05, 0.1) is 0 Å². The predicted octanol–water partition coefficient (Wildman–Crippen LogP) is 4.98. The first kappa shape index (κ1) is 15.3. The molecule has 0 spiro atoms. The highest BCUT2D eigenvalue weighted by atomic mass is 32.1. The van der Waals surface area contributed by atoms with Gasteiger partial charge < -0.3 is 5.32 Å². The first-order chi connectivity index (χ1) is 9.83. The van der Waals surface area contributed by atoms with Crippen LogP contribution in [0.15, 0.2) is 41.8 Å². The second-order valence-corrected chi connectivity index (χ2v) is 6.32. The minimum atomic E-state index is 0.436. The Hall–Kier alpha value is -1.12. The summed E-state index contributed by atoms with van der Waals surface area (Å²) in [6.45, 7) is 5.54. The van der Waals surface area contributed by atoms with Crippen LogP contribution in [0.1, 0.15) is 48.7 Å². The van der Waals surface area contributed by atoms with E-state index in [1.807, 2.05) is 11.3 Å². The Balaban J connectivity index is 2.14. The van der Waals surface area contributed by atoms with Gasteiger partial charge in [0.15, 0.2) is 0 Å². The van der Waals surface area contributed by atoms with Gasteiger partial charge in [-0.3, -0.25) is 0 Å². The molecule has 0 amide bonds. The highest BCUT2D eigenvalue weighted by molar-refractivity contribution is 7.09. The predicted molar refractivity (Wildman–Crippen MR) is 89.5 cm³/mol. The molecule has 0 aliphatic rings. The summed E-state index contributed by atoms with van der Waals surface area (Å²) in [4.78, 5) is 1.46. The maximum atomic E-state index is 3.70. The molecule has 0 aliphatic carbocycles. The number of benzene rings is 1. The van der Waals surface area contributed by atoms with E-state index in [1.165, 1.54) is 35.3 Å². The van der Waals surface area contributed by atoms with E-state index in [1.54, 1.807) is 0 Å². The van der Waals surface area contributed by atoms with Crippen LogP contribution in [-0.4, -0.2) is 6.54 Å². The first-order valence-corrected chi connectivity index (χ1v) is 8.56. The zero-order valence-electron chi connectivity index (χ0n) is 12.6. The highest BCUT2D eigenvalue weighted by Crippen LogP contribution is 2.22. The lowest BCUT2D eigenvalue weighted by Gasteiger charge is -2.19. The van der Waals surface area contributed by atoms with E-state index in [2.05, 4.69) is 60.9 Å². The Morgan fingerprint density at radius 1 is 1.10 bits per heavy atom. The molecule has 0 fully saturated rings. The number of nitrogens with one attached hydrogen (secondary N) is 1. The van der Waals surface area contributed by atoms with Crippen molar-refractivity contribution in [2.75, 3.05) is 6.54 Å². The van der Waals surface area contributed by atoms with Crippen LogP contribution >= 0.6 is 11.3 Å². The molecule has 1 heterocycles. The molecule has 2 rings (SSSR count). The molecule has 1 atom stereocenters. The Bertz CT molecular complexity index is 490. The van der Waals surface area contributed by atoms with Gasteiger partial charge in [0.1, 0.15) is 0 Å². The number of aryl methyl sites for hydroxylation is 1. The summed E-state index contributed by atoms with van der Waals surface area (Å²) in [5.74, 6) is 0. The monoisotopic (exact) mass is 287 g/mol. The Labute approximate surface area is 127 Å². The van der Waals surface area contributed by atoms with Gasteiger partial charge in [-0.25, -0.2) is 0 Å². The maximum absolute atomic E-state index is 3.70. The summed E-state index contributed by atoms with van der Waals surface area (Å²) in [5.41, 5.74) is 2.89. The molecule has 0 radical (unpaired) electrons. The lowest BCUT2D eigenvalue weighted by atomic mass is 9.99. The van der Waals surface area contributed by atoms with Crippen LogP contribution in [0.4, 0.5) is 0 Å². The first-order valence-electron chi connectivity index (χ1n) is 7.68. The molecule has 20 heavy (non-hydrogen) atoms. The van der Waals surface area contributed by atoms with Gasteiger partial charge in [-0.1, -0.05) is 50.6 Å². The van der Waals surface area contributed by atoms with Crippen LogP contribution in [0.5, 0.6) is 0 Å². The number of hydrogen-bond donors (Lipinski definition) is 1. The van der Waals surface area contributed by atoms with E-state index < -0.39 is 0 Å². The average Bonchev–Trinajstić information content (AvgIpc) is 2.97. The minimum absolute atomic E-state index is 0.436. The molecule has 1 aromatic heterocycles. The summed E-state index contributed by atoms with van der Waals surface area (Å²) in [5, 5.41) is 5.87. The van der Waals surface area contributed by atoms with E-state index >= 15 is 0 Å². The molecule has 108 valence electrons. The third-order valence-electron chi connectivity index (χ3n) is 3.52. The Morgan fingerprint density at radius 2 is 2.00 bits per heavy atom. The molecule has 0 aliphatic heterocycles. The average molecular weight is 287 g/mol. The quantitative estimate of drug-likeness (QED) is 0.721. The van der Waals surface area contributed by atoms with Gasteiger partial charge in [0.25, 0.3) is 0 Å². The smallest absolute Gasteiger partial charge is 0.0368 e. The molecule has 1 unspecified atom stereocenters. The summed E-state index contributed by atoms with van der Waals surface area (Å²) < 4.78 is 0. The van der Waals surface area contributed by atoms with E-state index in [0.717, 1.165) is 13.0 Å². The normalized spacial score (nSPS) is 12.5. The molecule has 1 nitrogen and oxygen atoms in total. The summed E-state index contributed by atoms with van der Waals surface area (Å²) in [6.07, 6.45) is 4.65. The van der Waals surface area contributed by atoms with E-state index in [0.29, 0.717) is 6.04 Å².